The summed E-state index contributed by atoms with van der Waals surface area (Å²) in [6.07, 6.45) is 1.46. The van der Waals surface area contributed by atoms with Crippen LogP contribution in [0, 0.1) is 0 Å². The highest BCUT2D eigenvalue weighted by Gasteiger charge is 2.22. The number of carbonyl (C=O) groups excluding carboxylic acids is 1. The molecule has 7 heteroatoms. The van der Waals surface area contributed by atoms with Crippen molar-refractivity contribution in [2.45, 2.75) is 45.6 Å². The van der Waals surface area contributed by atoms with E-state index in [1.807, 2.05) is 11.0 Å². The molecule has 0 aliphatic carbocycles. The monoisotopic (exact) mass is 540 g/mol. The minimum atomic E-state index is -0.0501. The Kier molecular flexibility index (Phi) is 9.61. The van der Waals surface area contributed by atoms with Crippen molar-refractivity contribution < 1.29 is 4.79 Å². The third-order valence-electron chi connectivity index (χ3n) is 5.32. The van der Waals surface area contributed by atoms with Crippen molar-refractivity contribution in [3.63, 3.8) is 0 Å². The number of fused-ring (bicyclic) bond motifs is 1. The van der Waals surface area contributed by atoms with E-state index in [4.69, 9.17) is 4.99 Å². The highest BCUT2D eigenvalue weighted by atomic mass is 127. The quantitative estimate of drug-likeness (QED) is 0.315. The van der Waals surface area contributed by atoms with Crippen LogP contribution in [0.15, 0.2) is 46.8 Å². The Bertz CT molecular complexity index is 835. The van der Waals surface area contributed by atoms with Gasteiger partial charge in [0.25, 0.3) is 0 Å². The fraction of sp³-hybridized carbons (Fsp3) is 0.478. The van der Waals surface area contributed by atoms with Crippen molar-refractivity contribution in [1.29, 1.82) is 0 Å². The van der Waals surface area contributed by atoms with Crippen LogP contribution in [-0.2, 0) is 23.2 Å². The molecule has 2 N–H and O–H groups in total. The number of carbonyl (C=O) groups is 1. The van der Waals surface area contributed by atoms with Gasteiger partial charge in [-0.3, -0.25) is 9.79 Å². The second kappa shape index (κ2) is 11.7. The molecule has 3 rings (SSSR count). The molecule has 0 saturated carbocycles. The molecule has 0 radical (unpaired) electrons. The zero-order valence-electron chi connectivity index (χ0n) is 18.1. The number of amides is 1. The average Bonchev–Trinajstić information content (AvgIpc) is 3.20. The van der Waals surface area contributed by atoms with Gasteiger partial charge >= 0.3 is 0 Å². The molecular weight excluding hydrogens is 507 g/mol. The minimum Gasteiger partial charge on any atom is -0.357 e. The number of aliphatic imine (C=N–C) groups is 1. The Morgan fingerprint density at radius 2 is 1.97 bits per heavy atom. The molecule has 0 bridgehead atoms. The van der Waals surface area contributed by atoms with E-state index in [-0.39, 0.29) is 35.3 Å². The molecule has 30 heavy (non-hydrogen) atoms. The van der Waals surface area contributed by atoms with Crippen LogP contribution in [0.3, 0.4) is 0 Å². The number of nitrogens with zero attached hydrogens (tertiary/aromatic N) is 2. The lowest BCUT2D eigenvalue weighted by molar-refractivity contribution is -0.131. The second-order valence-electron chi connectivity index (χ2n) is 8.06. The summed E-state index contributed by atoms with van der Waals surface area (Å²) in [4.78, 5) is 20.8. The molecule has 164 valence electrons. The van der Waals surface area contributed by atoms with E-state index in [2.05, 4.69) is 67.1 Å². The van der Waals surface area contributed by atoms with Gasteiger partial charge in [-0.1, -0.05) is 44.2 Å². The van der Waals surface area contributed by atoms with Crippen molar-refractivity contribution in [1.82, 2.24) is 15.5 Å². The average molecular weight is 541 g/mol. The van der Waals surface area contributed by atoms with E-state index in [1.165, 1.54) is 16.0 Å². The number of rotatable bonds is 7. The van der Waals surface area contributed by atoms with Crippen molar-refractivity contribution in [2.75, 3.05) is 26.2 Å². The van der Waals surface area contributed by atoms with E-state index < -0.39 is 0 Å². The van der Waals surface area contributed by atoms with Gasteiger partial charge in [-0.25, -0.2) is 0 Å². The van der Waals surface area contributed by atoms with Crippen LogP contribution in [0.1, 0.15) is 43.2 Å². The van der Waals surface area contributed by atoms with E-state index in [0.717, 1.165) is 32.0 Å². The number of halogens is 1. The maximum Gasteiger partial charge on any atom is 0.224 e. The highest BCUT2D eigenvalue weighted by Crippen LogP contribution is 2.24. The summed E-state index contributed by atoms with van der Waals surface area (Å²) in [5, 5.41) is 8.73. The van der Waals surface area contributed by atoms with Gasteiger partial charge in [0.15, 0.2) is 5.96 Å². The topological polar surface area (TPSA) is 56.7 Å². The first-order valence-corrected chi connectivity index (χ1v) is 11.3. The largest absolute Gasteiger partial charge is 0.357 e. The number of benzene rings is 1. The third kappa shape index (κ3) is 6.70. The Hall–Kier alpha value is -1.61. The van der Waals surface area contributed by atoms with Crippen LogP contribution < -0.4 is 10.6 Å². The first-order chi connectivity index (χ1) is 14.0. The van der Waals surface area contributed by atoms with Gasteiger partial charge in [-0.2, -0.15) is 0 Å². The van der Waals surface area contributed by atoms with E-state index in [1.54, 1.807) is 11.3 Å². The smallest absolute Gasteiger partial charge is 0.224 e. The summed E-state index contributed by atoms with van der Waals surface area (Å²) in [6.45, 7) is 10.1. The number of guanidine groups is 1. The van der Waals surface area contributed by atoms with E-state index in [0.29, 0.717) is 19.5 Å². The van der Waals surface area contributed by atoms with Crippen LogP contribution in [-0.4, -0.2) is 42.9 Å². The normalized spacial score (nSPS) is 14.0. The number of nitrogens with one attached hydrogen (secondary N) is 2. The second-order valence-corrected chi connectivity index (χ2v) is 9.06. The molecule has 1 aliphatic heterocycles. The van der Waals surface area contributed by atoms with Gasteiger partial charge in [0.05, 0.1) is 6.54 Å². The fourth-order valence-corrected chi connectivity index (χ4v) is 4.40. The van der Waals surface area contributed by atoms with Gasteiger partial charge < -0.3 is 15.5 Å². The van der Waals surface area contributed by atoms with Crippen LogP contribution in [0.2, 0.25) is 0 Å². The summed E-state index contributed by atoms with van der Waals surface area (Å²) < 4.78 is 0. The molecule has 0 fully saturated rings. The molecule has 0 spiro atoms. The van der Waals surface area contributed by atoms with Crippen LogP contribution in [0.5, 0.6) is 0 Å². The Morgan fingerprint density at radius 3 is 2.70 bits per heavy atom. The van der Waals surface area contributed by atoms with Gasteiger partial charge in [0.2, 0.25) is 5.91 Å². The molecule has 1 aliphatic rings. The summed E-state index contributed by atoms with van der Waals surface area (Å²) >= 11 is 1.80. The van der Waals surface area contributed by atoms with Crippen LogP contribution in [0.4, 0.5) is 0 Å². The molecule has 0 unspecified atom stereocenters. The minimum absolute atomic E-state index is 0. The molecule has 0 atom stereocenters. The molecular formula is C23H33IN4OS. The standard InChI is InChI=1S/C23H32N4OS.HI/c1-4-24-22(26-17-23(2,3)19-8-6-5-7-9-19)25-13-10-21(28)27-14-11-20-18(16-27)12-15-29-20;/h5-9,12,15H,4,10-11,13-14,16-17H2,1-3H3,(H2,24,25,26);1H. The lowest BCUT2D eigenvalue weighted by Gasteiger charge is -2.27. The molecule has 5 nitrogen and oxygen atoms in total. The molecule has 1 aromatic heterocycles. The predicted molar refractivity (Wildman–Crippen MR) is 137 cm³/mol. The Morgan fingerprint density at radius 1 is 1.20 bits per heavy atom. The van der Waals surface area contributed by atoms with E-state index >= 15 is 0 Å². The Balaban J connectivity index is 0.00000320. The summed E-state index contributed by atoms with van der Waals surface area (Å²) in [7, 11) is 0. The van der Waals surface area contributed by atoms with E-state index in [9.17, 15) is 4.79 Å². The number of thiophene rings is 1. The van der Waals surface area contributed by atoms with Gasteiger partial charge in [0, 0.05) is 42.9 Å². The predicted octanol–water partition coefficient (Wildman–Crippen LogP) is 4.17. The summed E-state index contributed by atoms with van der Waals surface area (Å²) in [5.41, 5.74) is 2.53. The fourth-order valence-electron chi connectivity index (χ4n) is 3.51. The molecule has 1 amide bonds. The van der Waals surface area contributed by atoms with Gasteiger partial charge in [-0.15, -0.1) is 35.3 Å². The molecule has 0 saturated heterocycles. The van der Waals surface area contributed by atoms with Gasteiger partial charge in [-0.05, 0) is 35.9 Å². The van der Waals surface area contributed by atoms with Crippen LogP contribution >= 0.6 is 35.3 Å². The van der Waals surface area contributed by atoms with Crippen molar-refractivity contribution in [3.8, 4) is 0 Å². The van der Waals surface area contributed by atoms with Crippen molar-refractivity contribution in [3.05, 3.63) is 57.8 Å². The first-order valence-electron chi connectivity index (χ1n) is 10.4. The van der Waals surface area contributed by atoms with Gasteiger partial charge in [0.1, 0.15) is 0 Å². The molecule has 2 heterocycles. The third-order valence-corrected chi connectivity index (χ3v) is 6.35. The maximum atomic E-state index is 12.6. The summed E-state index contributed by atoms with van der Waals surface area (Å²) in [6, 6.07) is 12.6. The zero-order valence-corrected chi connectivity index (χ0v) is 21.3. The summed E-state index contributed by atoms with van der Waals surface area (Å²) in [5.74, 6) is 0.970. The SMILES string of the molecule is CCNC(=NCC(C)(C)c1ccccc1)NCCC(=O)N1CCc2sccc2C1.I. The van der Waals surface area contributed by atoms with Crippen molar-refractivity contribution in [2.24, 2.45) is 4.99 Å². The molecule has 1 aromatic carbocycles. The maximum absolute atomic E-state index is 12.6. The number of hydrogen-bond donors (Lipinski definition) is 2. The highest BCUT2D eigenvalue weighted by molar-refractivity contribution is 14.0. The lowest BCUT2D eigenvalue weighted by atomic mass is 9.85. The lowest BCUT2D eigenvalue weighted by Crippen LogP contribution is -2.41. The number of hydrogen-bond acceptors (Lipinski definition) is 3. The molecule has 2 aromatic rings. The zero-order chi connectivity index (χ0) is 20.7. The Labute approximate surface area is 201 Å². The first kappa shape index (κ1) is 24.7. The van der Waals surface area contributed by atoms with Crippen molar-refractivity contribution >= 4 is 47.2 Å². The van der Waals surface area contributed by atoms with Crippen LogP contribution in [0.25, 0.3) is 0 Å².